The average Bonchev–Trinajstić information content (AvgIpc) is 3.30. The maximum absolute atomic E-state index is 12.8. The summed E-state index contributed by atoms with van der Waals surface area (Å²) in [5, 5.41) is 3.92. The fourth-order valence-electron chi connectivity index (χ4n) is 3.51. The van der Waals surface area contributed by atoms with E-state index >= 15 is 0 Å². The highest BCUT2D eigenvalue weighted by molar-refractivity contribution is 5.92. The van der Waals surface area contributed by atoms with Crippen LogP contribution < -0.4 is 0 Å². The summed E-state index contributed by atoms with van der Waals surface area (Å²) in [6.45, 7) is 3.47. The molecule has 1 unspecified atom stereocenters. The van der Waals surface area contributed by atoms with Gasteiger partial charge in [-0.05, 0) is 12.8 Å². The lowest BCUT2D eigenvalue weighted by Gasteiger charge is -2.39. The Morgan fingerprint density at radius 1 is 1.43 bits per heavy atom. The molecular weight excluding hydrogens is 364 g/mol. The summed E-state index contributed by atoms with van der Waals surface area (Å²) in [7, 11) is 3.36. The molecule has 3 rings (SSSR count). The van der Waals surface area contributed by atoms with E-state index < -0.39 is 0 Å². The molecule has 10 heteroatoms. The second-order valence-electron chi connectivity index (χ2n) is 6.94. The number of rotatable bonds is 7. The van der Waals surface area contributed by atoms with Crippen LogP contribution in [-0.4, -0.2) is 74.1 Å². The van der Waals surface area contributed by atoms with Crippen LogP contribution in [0.2, 0.25) is 0 Å². The van der Waals surface area contributed by atoms with Crippen molar-refractivity contribution in [2.45, 2.75) is 38.8 Å². The first-order valence-corrected chi connectivity index (χ1v) is 9.32. The Kier molecular flexibility index (Phi) is 6.40. The predicted molar refractivity (Wildman–Crippen MR) is 98.2 cm³/mol. The Morgan fingerprint density at radius 3 is 2.93 bits per heavy atom. The molecule has 2 aromatic heterocycles. The zero-order valence-electron chi connectivity index (χ0n) is 16.5. The van der Waals surface area contributed by atoms with Crippen LogP contribution in [0.3, 0.4) is 0 Å². The van der Waals surface area contributed by atoms with Gasteiger partial charge in [0.25, 0.3) is 11.8 Å². The molecule has 1 saturated heterocycles. The van der Waals surface area contributed by atoms with Gasteiger partial charge in [-0.2, -0.15) is 4.98 Å². The average molecular weight is 390 g/mol. The van der Waals surface area contributed by atoms with E-state index in [9.17, 15) is 9.59 Å². The van der Waals surface area contributed by atoms with E-state index in [0.29, 0.717) is 43.5 Å². The third kappa shape index (κ3) is 4.56. The number of aromatic nitrogens is 4. The highest BCUT2D eigenvalue weighted by atomic mass is 16.5. The number of amides is 2. The van der Waals surface area contributed by atoms with Crippen molar-refractivity contribution in [2.24, 2.45) is 7.05 Å². The Hall–Kier alpha value is -2.75. The SMILES string of the molecule is COCc1nc(CCN(C(C)=O)C2CCCN(C(=O)c3cncn3C)C2)no1. The number of piperidine rings is 1. The van der Waals surface area contributed by atoms with Gasteiger partial charge in [0.05, 0.1) is 12.5 Å². The smallest absolute Gasteiger partial charge is 0.272 e. The van der Waals surface area contributed by atoms with Gasteiger partial charge in [-0.15, -0.1) is 0 Å². The molecule has 1 atom stereocenters. The summed E-state index contributed by atoms with van der Waals surface area (Å²) in [5.41, 5.74) is 0.549. The molecule has 2 amide bonds. The van der Waals surface area contributed by atoms with Crippen LogP contribution in [-0.2, 0) is 29.6 Å². The van der Waals surface area contributed by atoms with Gasteiger partial charge in [0, 0.05) is 53.2 Å². The number of carbonyl (C=O) groups is 2. The fraction of sp³-hybridized carbons (Fsp3) is 0.611. The summed E-state index contributed by atoms with van der Waals surface area (Å²) >= 11 is 0. The maximum atomic E-state index is 12.8. The van der Waals surface area contributed by atoms with Gasteiger partial charge in [0.2, 0.25) is 5.91 Å². The lowest BCUT2D eigenvalue weighted by atomic mass is 10.0. The summed E-state index contributed by atoms with van der Waals surface area (Å²) in [4.78, 5) is 36.9. The van der Waals surface area contributed by atoms with Crippen molar-refractivity contribution in [1.82, 2.24) is 29.5 Å². The third-order valence-electron chi connectivity index (χ3n) is 4.92. The van der Waals surface area contributed by atoms with Gasteiger partial charge in [-0.25, -0.2) is 4.98 Å². The first kappa shape index (κ1) is 20.0. The largest absolute Gasteiger partial charge is 0.375 e. The van der Waals surface area contributed by atoms with E-state index in [-0.39, 0.29) is 24.5 Å². The van der Waals surface area contributed by atoms with E-state index in [4.69, 9.17) is 9.26 Å². The Labute approximate surface area is 163 Å². The van der Waals surface area contributed by atoms with Crippen molar-refractivity contribution in [3.63, 3.8) is 0 Å². The number of nitrogens with zero attached hydrogens (tertiary/aromatic N) is 6. The molecule has 10 nitrogen and oxygen atoms in total. The number of imidazole rings is 1. The third-order valence-corrected chi connectivity index (χ3v) is 4.92. The van der Waals surface area contributed by atoms with Gasteiger partial charge in [-0.1, -0.05) is 5.16 Å². The number of hydrogen-bond donors (Lipinski definition) is 0. The monoisotopic (exact) mass is 390 g/mol. The molecule has 1 fully saturated rings. The second kappa shape index (κ2) is 8.96. The molecule has 0 radical (unpaired) electrons. The van der Waals surface area contributed by atoms with Crippen molar-refractivity contribution in [2.75, 3.05) is 26.7 Å². The summed E-state index contributed by atoms with van der Waals surface area (Å²) in [6.07, 6.45) is 5.37. The molecule has 1 aliphatic rings. The van der Waals surface area contributed by atoms with Gasteiger partial charge in [0.15, 0.2) is 5.82 Å². The summed E-state index contributed by atoms with van der Waals surface area (Å²) in [6, 6.07) is -0.0335. The van der Waals surface area contributed by atoms with E-state index in [0.717, 1.165) is 12.8 Å². The minimum Gasteiger partial charge on any atom is -0.375 e. The van der Waals surface area contributed by atoms with E-state index in [1.807, 2.05) is 0 Å². The number of likely N-dealkylation sites (tertiary alicyclic amines) is 1. The second-order valence-corrected chi connectivity index (χ2v) is 6.94. The minimum atomic E-state index is -0.0597. The highest BCUT2D eigenvalue weighted by Gasteiger charge is 2.30. The maximum Gasteiger partial charge on any atom is 0.272 e. The first-order chi connectivity index (χ1) is 13.5. The van der Waals surface area contributed by atoms with Crippen molar-refractivity contribution >= 4 is 11.8 Å². The van der Waals surface area contributed by atoms with Crippen LogP contribution in [0.15, 0.2) is 17.0 Å². The zero-order valence-corrected chi connectivity index (χ0v) is 16.5. The van der Waals surface area contributed by atoms with Crippen LogP contribution >= 0.6 is 0 Å². The molecule has 0 saturated carbocycles. The molecular formula is C18H26N6O4. The zero-order chi connectivity index (χ0) is 20.1. The van der Waals surface area contributed by atoms with Crippen LogP contribution in [0.4, 0.5) is 0 Å². The van der Waals surface area contributed by atoms with Gasteiger partial charge < -0.3 is 23.6 Å². The molecule has 0 aromatic carbocycles. The molecule has 0 spiro atoms. The van der Waals surface area contributed by atoms with Crippen molar-refractivity contribution in [3.05, 3.63) is 29.9 Å². The lowest BCUT2D eigenvalue weighted by molar-refractivity contribution is -0.132. The minimum absolute atomic E-state index is 0.0274. The number of ether oxygens (including phenoxy) is 1. The summed E-state index contributed by atoms with van der Waals surface area (Å²) in [5.74, 6) is 0.866. The topological polar surface area (TPSA) is 107 Å². The van der Waals surface area contributed by atoms with E-state index in [2.05, 4.69) is 15.1 Å². The van der Waals surface area contributed by atoms with Crippen molar-refractivity contribution in [1.29, 1.82) is 0 Å². The predicted octanol–water partition coefficient (Wildman–Crippen LogP) is 0.645. The molecule has 1 aliphatic heterocycles. The first-order valence-electron chi connectivity index (χ1n) is 9.32. The molecule has 2 aromatic rings. The summed E-state index contributed by atoms with van der Waals surface area (Å²) < 4.78 is 11.8. The Bertz CT molecular complexity index is 817. The Morgan fingerprint density at radius 2 is 2.25 bits per heavy atom. The van der Waals surface area contributed by atoms with Gasteiger partial charge >= 0.3 is 0 Å². The van der Waals surface area contributed by atoms with Crippen molar-refractivity contribution in [3.8, 4) is 0 Å². The number of hydrogen-bond acceptors (Lipinski definition) is 7. The highest BCUT2D eigenvalue weighted by Crippen LogP contribution is 2.19. The molecule has 152 valence electrons. The van der Waals surface area contributed by atoms with Crippen LogP contribution in [0, 0.1) is 0 Å². The number of carbonyl (C=O) groups excluding carboxylic acids is 2. The molecule has 0 aliphatic carbocycles. The van der Waals surface area contributed by atoms with Crippen LogP contribution in [0.5, 0.6) is 0 Å². The lowest BCUT2D eigenvalue weighted by Crippen LogP contribution is -2.52. The molecule has 3 heterocycles. The molecule has 28 heavy (non-hydrogen) atoms. The molecule has 0 bridgehead atoms. The van der Waals surface area contributed by atoms with Crippen molar-refractivity contribution < 1.29 is 18.8 Å². The standard InChI is InChI=1S/C18H26N6O4/c1-13(25)24(8-6-16-20-17(11-27-3)28-21-16)14-5-4-7-23(10-14)18(26)15-9-19-12-22(15)2/h9,12,14H,4-8,10-11H2,1-3H3. The van der Waals surface area contributed by atoms with Gasteiger partial charge in [0.1, 0.15) is 12.3 Å². The quantitative estimate of drug-likeness (QED) is 0.683. The van der Waals surface area contributed by atoms with E-state index in [1.54, 1.807) is 48.0 Å². The van der Waals surface area contributed by atoms with Crippen LogP contribution in [0.1, 0.15) is 42.0 Å². The fourth-order valence-corrected chi connectivity index (χ4v) is 3.51. The Balaban J connectivity index is 1.63. The normalized spacial score (nSPS) is 17.0. The molecule has 0 N–H and O–H groups in total. The van der Waals surface area contributed by atoms with E-state index in [1.165, 1.54) is 0 Å². The number of methoxy groups -OCH3 is 1. The van der Waals surface area contributed by atoms with Gasteiger partial charge in [-0.3, -0.25) is 9.59 Å². The van der Waals surface area contributed by atoms with Crippen LogP contribution in [0.25, 0.3) is 0 Å². The number of aryl methyl sites for hydroxylation is 1.